The van der Waals surface area contributed by atoms with E-state index in [1.807, 2.05) is 13.8 Å². The van der Waals surface area contributed by atoms with Crippen molar-refractivity contribution in [2.24, 2.45) is 11.8 Å². The van der Waals surface area contributed by atoms with Crippen LogP contribution in [0.5, 0.6) is 0 Å². The standard InChI is InChI=1S/C15H22O4/c1-5-9(2)8-10(3)11(4)19-15-13(17)7-6-12(16)14(15)18/h6-7,9-11,18H,5,8H2,1-4H3. The molecular weight excluding hydrogens is 244 g/mol. The second-order valence-corrected chi connectivity index (χ2v) is 5.29. The quantitative estimate of drug-likeness (QED) is 0.751. The largest absolute Gasteiger partial charge is 0.501 e. The predicted molar refractivity (Wildman–Crippen MR) is 72.6 cm³/mol. The van der Waals surface area contributed by atoms with Crippen LogP contribution in [0.15, 0.2) is 23.7 Å². The van der Waals surface area contributed by atoms with E-state index in [4.69, 9.17) is 4.74 Å². The van der Waals surface area contributed by atoms with Crippen molar-refractivity contribution >= 4 is 11.6 Å². The molecule has 4 nitrogen and oxygen atoms in total. The van der Waals surface area contributed by atoms with Gasteiger partial charge in [-0.3, -0.25) is 9.59 Å². The molecule has 0 aromatic rings. The second kappa shape index (κ2) is 6.55. The molecule has 19 heavy (non-hydrogen) atoms. The molecule has 0 saturated carbocycles. The van der Waals surface area contributed by atoms with Crippen molar-refractivity contribution in [1.29, 1.82) is 0 Å². The molecule has 1 aliphatic rings. The molecule has 0 aromatic heterocycles. The highest BCUT2D eigenvalue weighted by molar-refractivity contribution is 6.18. The normalized spacial score (nSPS) is 20.4. The minimum atomic E-state index is -0.588. The minimum absolute atomic E-state index is 0.226. The first-order valence-corrected chi connectivity index (χ1v) is 6.73. The zero-order valence-corrected chi connectivity index (χ0v) is 12.0. The zero-order chi connectivity index (χ0) is 14.6. The summed E-state index contributed by atoms with van der Waals surface area (Å²) >= 11 is 0. The van der Waals surface area contributed by atoms with E-state index >= 15 is 0 Å². The Kier molecular flexibility index (Phi) is 5.33. The molecule has 1 N–H and O–H groups in total. The first-order chi connectivity index (χ1) is 8.86. The van der Waals surface area contributed by atoms with Crippen LogP contribution < -0.4 is 0 Å². The number of hydrogen-bond donors (Lipinski definition) is 1. The molecular formula is C15H22O4. The molecule has 0 spiro atoms. The first-order valence-electron chi connectivity index (χ1n) is 6.73. The van der Waals surface area contributed by atoms with Gasteiger partial charge in [0.05, 0.1) is 6.10 Å². The number of hydrogen-bond acceptors (Lipinski definition) is 4. The molecule has 3 atom stereocenters. The zero-order valence-electron chi connectivity index (χ0n) is 12.0. The average Bonchev–Trinajstić information content (AvgIpc) is 2.38. The lowest BCUT2D eigenvalue weighted by Crippen LogP contribution is -2.25. The van der Waals surface area contributed by atoms with Crippen LogP contribution in [0.2, 0.25) is 0 Å². The van der Waals surface area contributed by atoms with Gasteiger partial charge in [0.1, 0.15) is 0 Å². The summed E-state index contributed by atoms with van der Waals surface area (Å²) in [5.74, 6) is -1.04. The molecule has 106 valence electrons. The number of carbonyl (C=O) groups excluding carboxylic acids is 2. The number of carbonyl (C=O) groups is 2. The van der Waals surface area contributed by atoms with Gasteiger partial charge < -0.3 is 9.84 Å². The molecule has 0 heterocycles. The smallest absolute Gasteiger partial charge is 0.224 e. The Morgan fingerprint density at radius 1 is 1.16 bits per heavy atom. The Morgan fingerprint density at radius 2 is 1.74 bits per heavy atom. The summed E-state index contributed by atoms with van der Waals surface area (Å²) < 4.78 is 5.50. The van der Waals surface area contributed by atoms with Gasteiger partial charge >= 0.3 is 0 Å². The van der Waals surface area contributed by atoms with Crippen molar-refractivity contribution in [3.05, 3.63) is 23.7 Å². The number of aliphatic hydroxyl groups is 1. The van der Waals surface area contributed by atoms with Gasteiger partial charge in [-0.15, -0.1) is 0 Å². The molecule has 1 aliphatic carbocycles. The van der Waals surface area contributed by atoms with Gasteiger partial charge in [-0.25, -0.2) is 0 Å². The molecule has 0 aromatic carbocycles. The molecule has 0 radical (unpaired) electrons. The highest BCUT2D eigenvalue weighted by Crippen LogP contribution is 2.23. The van der Waals surface area contributed by atoms with Crippen LogP contribution in [-0.4, -0.2) is 22.8 Å². The van der Waals surface area contributed by atoms with Gasteiger partial charge in [0.25, 0.3) is 0 Å². The third kappa shape index (κ3) is 3.94. The molecule has 0 fully saturated rings. The Hall–Kier alpha value is -1.58. The summed E-state index contributed by atoms with van der Waals surface area (Å²) in [5, 5.41) is 9.60. The van der Waals surface area contributed by atoms with Crippen LogP contribution in [-0.2, 0) is 14.3 Å². The maximum absolute atomic E-state index is 11.6. The van der Waals surface area contributed by atoms with Gasteiger partial charge in [0, 0.05) is 0 Å². The molecule has 3 unspecified atom stereocenters. The summed E-state index contributed by atoms with van der Waals surface area (Å²) in [6.07, 6.45) is 4.02. The maximum Gasteiger partial charge on any atom is 0.224 e. The van der Waals surface area contributed by atoms with E-state index in [0.29, 0.717) is 5.92 Å². The van der Waals surface area contributed by atoms with Crippen molar-refractivity contribution in [2.75, 3.05) is 0 Å². The highest BCUT2D eigenvalue weighted by atomic mass is 16.5. The fourth-order valence-electron chi connectivity index (χ4n) is 1.94. The van der Waals surface area contributed by atoms with Gasteiger partial charge in [0.2, 0.25) is 23.1 Å². The van der Waals surface area contributed by atoms with Crippen LogP contribution in [0.1, 0.15) is 40.5 Å². The maximum atomic E-state index is 11.6. The van der Waals surface area contributed by atoms with Gasteiger partial charge in [-0.05, 0) is 37.3 Å². The fraction of sp³-hybridized carbons (Fsp3) is 0.600. The Bertz CT molecular complexity index is 420. The molecule has 1 rings (SSSR count). The number of allylic oxidation sites excluding steroid dienone is 2. The second-order valence-electron chi connectivity index (χ2n) is 5.29. The summed E-state index contributed by atoms with van der Waals surface area (Å²) in [6.45, 7) is 8.19. The molecule has 0 amide bonds. The number of ketones is 2. The summed E-state index contributed by atoms with van der Waals surface area (Å²) in [7, 11) is 0. The van der Waals surface area contributed by atoms with Crippen molar-refractivity contribution in [2.45, 2.75) is 46.6 Å². The average molecular weight is 266 g/mol. The third-order valence-electron chi connectivity index (χ3n) is 3.63. The molecule has 0 aliphatic heterocycles. The first kappa shape index (κ1) is 15.5. The summed E-state index contributed by atoms with van der Waals surface area (Å²) in [6, 6.07) is 0. The van der Waals surface area contributed by atoms with Crippen molar-refractivity contribution < 1.29 is 19.4 Å². The SMILES string of the molecule is CCC(C)CC(C)C(C)OC1=C(O)C(=O)C=CC1=O. The molecule has 0 saturated heterocycles. The highest BCUT2D eigenvalue weighted by Gasteiger charge is 2.27. The summed E-state index contributed by atoms with van der Waals surface area (Å²) in [4.78, 5) is 22.9. The monoisotopic (exact) mass is 266 g/mol. The van der Waals surface area contributed by atoms with E-state index in [-0.39, 0.29) is 17.8 Å². The Labute approximate surface area is 114 Å². The number of rotatable bonds is 6. The predicted octanol–water partition coefficient (Wildman–Crippen LogP) is 2.94. The lowest BCUT2D eigenvalue weighted by molar-refractivity contribution is -0.120. The van der Waals surface area contributed by atoms with E-state index in [9.17, 15) is 14.7 Å². The molecule has 0 bridgehead atoms. The van der Waals surface area contributed by atoms with Gasteiger partial charge in [-0.1, -0.05) is 27.2 Å². The third-order valence-corrected chi connectivity index (χ3v) is 3.63. The lowest BCUT2D eigenvalue weighted by atomic mass is 9.92. The van der Waals surface area contributed by atoms with E-state index in [0.717, 1.165) is 25.0 Å². The van der Waals surface area contributed by atoms with E-state index in [2.05, 4.69) is 13.8 Å². The summed E-state index contributed by atoms with van der Waals surface area (Å²) in [5.41, 5.74) is 0. The van der Waals surface area contributed by atoms with Crippen LogP contribution in [0.4, 0.5) is 0 Å². The van der Waals surface area contributed by atoms with Crippen LogP contribution in [0.25, 0.3) is 0 Å². The van der Waals surface area contributed by atoms with Crippen molar-refractivity contribution in [3.8, 4) is 0 Å². The van der Waals surface area contributed by atoms with Gasteiger partial charge in [0.15, 0.2) is 0 Å². The van der Waals surface area contributed by atoms with Gasteiger partial charge in [-0.2, -0.15) is 0 Å². The van der Waals surface area contributed by atoms with Crippen molar-refractivity contribution in [1.82, 2.24) is 0 Å². The lowest BCUT2D eigenvalue weighted by Gasteiger charge is -2.25. The minimum Gasteiger partial charge on any atom is -0.501 e. The number of ether oxygens (including phenoxy) is 1. The van der Waals surface area contributed by atoms with Crippen LogP contribution in [0, 0.1) is 11.8 Å². The topological polar surface area (TPSA) is 63.6 Å². The Balaban J connectivity index is 2.70. The fourth-order valence-corrected chi connectivity index (χ4v) is 1.94. The van der Waals surface area contributed by atoms with E-state index in [1.54, 1.807) is 0 Å². The van der Waals surface area contributed by atoms with E-state index in [1.165, 1.54) is 0 Å². The number of aliphatic hydroxyl groups excluding tert-OH is 1. The van der Waals surface area contributed by atoms with E-state index < -0.39 is 17.3 Å². The van der Waals surface area contributed by atoms with Crippen LogP contribution in [0.3, 0.4) is 0 Å². The van der Waals surface area contributed by atoms with Crippen molar-refractivity contribution in [3.63, 3.8) is 0 Å². The molecule has 4 heteroatoms. The Morgan fingerprint density at radius 3 is 2.32 bits per heavy atom. The van der Waals surface area contributed by atoms with Crippen LogP contribution >= 0.6 is 0 Å².